The number of carbonyl (C=O) groups excluding carboxylic acids is 2. The molecule has 1 aliphatic carbocycles. The Morgan fingerprint density at radius 1 is 1.53 bits per heavy atom. The van der Waals surface area contributed by atoms with Crippen molar-refractivity contribution in [3.05, 3.63) is 11.6 Å². The van der Waals surface area contributed by atoms with Crippen molar-refractivity contribution in [2.75, 3.05) is 7.11 Å². The highest BCUT2D eigenvalue weighted by molar-refractivity contribution is 5.81. The molecule has 0 heterocycles. The van der Waals surface area contributed by atoms with Gasteiger partial charge >= 0.3 is 5.97 Å². The van der Waals surface area contributed by atoms with Crippen LogP contribution in [-0.2, 0) is 14.3 Å². The molecule has 0 N–H and O–H groups in total. The number of hydrogen-bond acceptors (Lipinski definition) is 4. The largest absolute Gasteiger partial charge is 0.550 e. The van der Waals surface area contributed by atoms with Gasteiger partial charge in [0.15, 0.2) is 0 Å². The van der Waals surface area contributed by atoms with E-state index in [1.807, 2.05) is 13.0 Å². The molecule has 0 unspecified atom stereocenters. The van der Waals surface area contributed by atoms with Gasteiger partial charge in [-0.25, -0.2) is 0 Å². The van der Waals surface area contributed by atoms with Gasteiger partial charge in [0, 0.05) is 11.9 Å². The maximum absolute atomic E-state index is 11.4. The van der Waals surface area contributed by atoms with Gasteiger partial charge in [0.25, 0.3) is 0 Å². The van der Waals surface area contributed by atoms with Crippen molar-refractivity contribution >= 4 is 11.9 Å². The molecule has 4 nitrogen and oxygen atoms in total. The minimum Gasteiger partial charge on any atom is -0.550 e. The first-order chi connectivity index (χ1) is 6.97. The summed E-state index contributed by atoms with van der Waals surface area (Å²) in [6.45, 7) is 3.66. The third-order valence-corrected chi connectivity index (χ3v) is 2.87. The Labute approximate surface area is 88.9 Å². The zero-order valence-corrected chi connectivity index (χ0v) is 9.15. The molecule has 4 heteroatoms. The molecule has 1 rings (SSSR count). The SMILES string of the molecule is COC(=O)[C@H]1CC(C)=C[C@@H](C)[C@H]1C(=O)[O-]. The lowest BCUT2D eigenvalue weighted by atomic mass is 9.74. The van der Waals surface area contributed by atoms with E-state index in [-0.39, 0.29) is 5.92 Å². The maximum Gasteiger partial charge on any atom is 0.309 e. The Morgan fingerprint density at radius 3 is 2.60 bits per heavy atom. The summed E-state index contributed by atoms with van der Waals surface area (Å²) in [7, 11) is 1.27. The number of rotatable bonds is 2. The zero-order valence-electron chi connectivity index (χ0n) is 9.15. The number of aliphatic carboxylic acids is 1. The Bertz CT molecular complexity index is 306. The molecule has 0 spiro atoms. The van der Waals surface area contributed by atoms with Crippen molar-refractivity contribution in [2.24, 2.45) is 17.8 Å². The second-order valence-corrected chi connectivity index (χ2v) is 4.05. The summed E-state index contributed by atoms with van der Waals surface area (Å²) in [5, 5.41) is 11.0. The van der Waals surface area contributed by atoms with E-state index < -0.39 is 23.8 Å². The first kappa shape index (κ1) is 11.8. The molecule has 0 radical (unpaired) electrons. The third kappa shape index (κ3) is 2.37. The van der Waals surface area contributed by atoms with E-state index in [4.69, 9.17) is 0 Å². The van der Waals surface area contributed by atoms with E-state index in [0.29, 0.717) is 6.42 Å². The number of hydrogen-bond donors (Lipinski definition) is 0. The van der Waals surface area contributed by atoms with Gasteiger partial charge in [-0.3, -0.25) is 4.79 Å². The van der Waals surface area contributed by atoms with Crippen LogP contribution in [0.5, 0.6) is 0 Å². The summed E-state index contributed by atoms with van der Waals surface area (Å²) >= 11 is 0. The fourth-order valence-corrected chi connectivity index (χ4v) is 2.22. The van der Waals surface area contributed by atoms with Crippen LogP contribution >= 0.6 is 0 Å². The second kappa shape index (κ2) is 4.47. The van der Waals surface area contributed by atoms with Crippen LogP contribution in [-0.4, -0.2) is 19.0 Å². The Hall–Kier alpha value is -1.32. The van der Waals surface area contributed by atoms with Crippen LogP contribution in [0.3, 0.4) is 0 Å². The Kier molecular flexibility index (Phi) is 3.50. The quantitative estimate of drug-likeness (QED) is 0.481. The molecule has 0 amide bonds. The third-order valence-electron chi connectivity index (χ3n) is 2.87. The lowest BCUT2D eigenvalue weighted by molar-refractivity contribution is -0.314. The van der Waals surface area contributed by atoms with Gasteiger partial charge in [-0.15, -0.1) is 0 Å². The van der Waals surface area contributed by atoms with Gasteiger partial charge in [-0.1, -0.05) is 18.6 Å². The summed E-state index contributed by atoms with van der Waals surface area (Å²) in [6, 6.07) is 0. The molecular weight excluding hydrogens is 196 g/mol. The van der Waals surface area contributed by atoms with Crippen LogP contribution in [0.15, 0.2) is 11.6 Å². The molecule has 15 heavy (non-hydrogen) atoms. The molecule has 0 aromatic carbocycles. The molecule has 0 fully saturated rings. The molecule has 0 aromatic heterocycles. The van der Waals surface area contributed by atoms with Crippen LogP contribution < -0.4 is 5.11 Å². The predicted molar refractivity (Wildman–Crippen MR) is 51.5 cm³/mol. The summed E-state index contributed by atoms with van der Waals surface area (Å²) in [4.78, 5) is 22.4. The fourth-order valence-electron chi connectivity index (χ4n) is 2.22. The summed E-state index contributed by atoms with van der Waals surface area (Å²) < 4.78 is 4.61. The number of ether oxygens (including phenoxy) is 1. The smallest absolute Gasteiger partial charge is 0.309 e. The van der Waals surface area contributed by atoms with Gasteiger partial charge in [0.1, 0.15) is 0 Å². The topological polar surface area (TPSA) is 66.4 Å². The van der Waals surface area contributed by atoms with Crippen LogP contribution in [0.1, 0.15) is 20.3 Å². The maximum atomic E-state index is 11.4. The van der Waals surface area contributed by atoms with Gasteiger partial charge in [-0.05, 0) is 19.3 Å². The standard InChI is InChI=1S/C11H16O4/c1-6-4-7(2)9(10(12)13)8(5-6)11(14)15-3/h4,7-9H,5H2,1-3H3,(H,12,13)/p-1/t7-,8+,9-/m1/s1. The first-order valence-corrected chi connectivity index (χ1v) is 4.93. The van der Waals surface area contributed by atoms with Crippen molar-refractivity contribution in [2.45, 2.75) is 20.3 Å². The van der Waals surface area contributed by atoms with Crippen molar-refractivity contribution < 1.29 is 19.4 Å². The molecule has 3 atom stereocenters. The van der Waals surface area contributed by atoms with E-state index in [2.05, 4.69) is 4.74 Å². The molecule has 0 saturated carbocycles. The molecular formula is C11H15O4-. The Morgan fingerprint density at radius 2 is 2.13 bits per heavy atom. The van der Waals surface area contributed by atoms with Gasteiger partial charge in [0.05, 0.1) is 13.0 Å². The minimum atomic E-state index is -1.18. The lowest BCUT2D eigenvalue weighted by Gasteiger charge is -2.33. The van der Waals surface area contributed by atoms with E-state index in [9.17, 15) is 14.7 Å². The second-order valence-electron chi connectivity index (χ2n) is 4.05. The Balaban J connectivity index is 2.97. The van der Waals surface area contributed by atoms with Crippen molar-refractivity contribution in [1.29, 1.82) is 0 Å². The highest BCUT2D eigenvalue weighted by Gasteiger charge is 2.36. The van der Waals surface area contributed by atoms with E-state index in [0.717, 1.165) is 5.57 Å². The van der Waals surface area contributed by atoms with Crippen molar-refractivity contribution in [3.63, 3.8) is 0 Å². The summed E-state index contributed by atoms with van der Waals surface area (Å²) in [6.07, 6.45) is 2.32. The first-order valence-electron chi connectivity index (χ1n) is 4.93. The number of methoxy groups -OCH3 is 1. The average Bonchev–Trinajstić information content (AvgIpc) is 2.14. The highest BCUT2D eigenvalue weighted by atomic mass is 16.5. The lowest BCUT2D eigenvalue weighted by Crippen LogP contribution is -2.44. The van der Waals surface area contributed by atoms with E-state index in [1.54, 1.807) is 6.92 Å². The summed E-state index contributed by atoms with van der Waals surface area (Å²) in [5.74, 6) is -3.22. The monoisotopic (exact) mass is 211 g/mol. The zero-order chi connectivity index (χ0) is 11.6. The fraction of sp³-hybridized carbons (Fsp3) is 0.636. The highest BCUT2D eigenvalue weighted by Crippen LogP contribution is 2.34. The van der Waals surface area contributed by atoms with Crippen LogP contribution in [0.2, 0.25) is 0 Å². The van der Waals surface area contributed by atoms with Crippen molar-refractivity contribution in [1.82, 2.24) is 0 Å². The van der Waals surface area contributed by atoms with E-state index in [1.165, 1.54) is 7.11 Å². The molecule has 0 aliphatic heterocycles. The van der Waals surface area contributed by atoms with Crippen LogP contribution in [0, 0.1) is 17.8 Å². The minimum absolute atomic E-state index is 0.187. The van der Waals surface area contributed by atoms with Gasteiger partial charge in [-0.2, -0.15) is 0 Å². The number of carboxylic acids is 1. The molecule has 1 aliphatic rings. The predicted octanol–water partition coefficient (Wildman–Crippen LogP) is 0.128. The van der Waals surface area contributed by atoms with Crippen molar-refractivity contribution in [3.8, 4) is 0 Å². The molecule has 84 valence electrons. The molecule has 0 bridgehead atoms. The van der Waals surface area contributed by atoms with Crippen LogP contribution in [0.25, 0.3) is 0 Å². The summed E-state index contributed by atoms with van der Waals surface area (Å²) in [5.41, 5.74) is 1.02. The number of carbonyl (C=O) groups is 2. The molecule has 0 saturated heterocycles. The van der Waals surface area contributed by atoms with Gasteiger partial charge in [0.2, 0.25) is 0 Å². The average molecular weight is 211 g/mol. The number of allylic oxidation sites excluding steroid dienone is 2. The number of esters is 1. The normalized spacial score (nSPS) is 30.6. The van der Waals surface area contributed by atoms with E-state index >= 15 is 0 Å². The number of carboxylic acid groups (broad SMARTS) is 1. The van der Waals surface area contributed by atoms with Crippen LogP contribution in [0.4, 0.5) is 0 Å². The van der Waals surface area contributed by atoms with Gasteiger partial charge < -0.3 is 14.6 Å². The molecule has 0 aromatic rings.